The molecule has 0 saturated heterocycles. The Morgan fingerprint density at radius 3 is 3.05 bits per heavy atom. The van der Waals surface area contributed by atoms with Crippen LogP contribution in [0.2, 0.25) is 0 Å². The fourth-order valence-corrected chi connectivity index (χ4v) is 2.24. The van der Waals surface area contributed by atoms with Crippen LogP contribution in [0, 0.1) is 0 Å². The van der Waals surface area contributed by atoms with E-state index in [2.05, 4.69) is 10.3 Å². The molecule has 1 aliphatic heterocycles. The van der Waals surface area contributed by atoms with Crippen molar-refractivity contribution >= 4 is 5.91 Å². The molecule has 1 aliphatic rings. The van der Waals surface area contributed by atoms with Gasteiger partial charge >= 0.3 is 0 Å². The first-order valence-corrected chi connectivity index (χ1v) is 6.87. The topological polar surface area (TPSA) is 65.4 Å². The van der Waals surface area contributed by atoms with Crippen LogP contribution in [0.3, 0.4) is 0 Å². The van der Waals surface area contributed by atoms with Crippen LogP contribution in [0.25, 0.3) is 0 Å². The van der Waals surface area contributed by atoms with E-state index < -0.39 is 6.10 Å². The second-order valence-corrected chi connectivity index (χ2v) is 5.03. The normalized spacial score (nSPS) is 18.0. The van der Waals surface area contributed by atoms with Gasteiger partial charge in [0.25, 0.3) is 5.91 Å². The van der Waals surface area contributed by atoms with Crippen molar-refractivity contribution in [2.24, 2.45) is 0 Å². The largest absolute Gasteiger partial charge is 0.485 e. The summed E-state index contributed by atoms with van der Waals surface area (Å²) in [5.41, 5.74) is 0. The van der Waals surface area contributed by atoms with Crippen molar-refractivity contribution in [1.29, 1.82) is 0 Å². The molecule has 6 heteroatoms. The Morgan fingerprint density at radius 2 is 2.29 bits per heavy atom. The summed E-state index contributed by atoms with van der Waals surface area (Å²) in [6.07, 6.45) is 4.67. The van der Waals surface area contributed by atoms with Gasteiger partial charge in [-0.2, -0.15) is 0 Å². The van der Waals surface area contributed by atoms with Gasteiger partial charge in [0.2, 0.25) is 6.10 Å². The minimum absolute atomic E-state index is 0.0209. The van der Waals surface area contributed by atoms with Crippen molar-refractivity contribution in [3.05, 3.63) is 43.0 Å². The maximum absolute atomic E-state index is 12.2. The van der Waals surface area contributed by atoms with Crippen LogP contribution >= 0.6 is 0 Å². The Hall–Kier alpha value is -2.50. The van der Waals surface area contributed by atoms with Crippen LogP contribution < -0.4 is 14.8 Å². The Balaban J connectivity index is 1.56. The van der Waals surface area contributed by atoms with Crippen LogP contribution in [-0.4, -0.2) is 34.2 Å². The third kappa shape index (κ3) is 3.16. The number of hydrogen-bond acceptors (Lipinski definition) is 4. The maximum Gasteiger partial charge on any atom is 0.264 e. The summed E-state index contributed by atoms with van der Waals surface area (Å²) >= 11 is 0. The van der Waals surface area contributed by atoms with E-state index >= 15 is 0 Å². The Bertz CT molecular complexity index is 612. The van der Waals surface area contributed by atoms with Crippen LogP contribution in [0.1, 0.15) is 6.92 Å². The van der Waals surface area contributed by atoms with Crippen LogP contribution in [0.5, 0.6) is 11.5 Å². The van der Waals surface area contributed by atoms with Crippen molar-refractivity contribution < 1.29 is 14.3 Å². The molecule has 110 valence electrons. The van der Waals surface area contributed by atoms with Gasteiger partial charge in [0.1, 0.15) is 6.61 Å². The van der Waals surface area contributed by atoms with E-state index in [1.165, 1.54) is 0 Å². The first-order chi connectivity index (χ1) is 10.2. The van der Waals surface area contributed by atoms with E-state index in [9.17, 15) is 4.79 Å². The molecule has 6 nitrogen and oxygen atoms in total. The molecule has 1 aromatic heterocycles. The van der Waals surface area contributed by atoms with Crippen LogP contribution in [0.15, 0.2) is 43.0 Å². The number of para-hydroxylation sites is 2. The molecule has 1 N–H and O–H groups in total. The Morgan fingerprint density at radius 1 is 1.48 bits per heavy atom. The van der Waals surface area contributed by atoms with E-state index in [1.54, 1.807) is 18.6 Å². The monoisotopic (exact) mass is 287 g/mol. The first kappa shape index (κ1) is 13.5. The highest BCUT2D eigenvalue weighted by atomic mass is 16.6. The molecular weight excluding hydrogens is 270 g/mol. The number of ether oxygens (including phenoxy) is 2. The zero-order valence-electron chi connectivity index (χ0n) is 11.7. The molecule has 0 radical (unpaired) electrons. The molecule has 2 atom stereocenters. The van der Waals surface area contributed by atoms with Gasteiger partial charge < -0.3 is 19.4 Å². The number of nitrogens with one attached hydrogen (secondary N) is 1. The molecule has 1 amide bonds. The summed E-state index contributed by atoms with van der Waals surface area (Å²) < 4.78 is 13.1. The Labute approximate surface area is 122 Å². The van der Waals surface area contributed by atoms with E-state index in [0.29, 0.717) is 18.0 Å². The lowest BCUT2D eigenvalue weighted by Crippen LogP contribution is -2.47. The molecule has 3 rings (SSSR count). The maximum atomic E-state index is 12.2. The summed E-state index contributed by atoms with van der Waals surface area (Å²) in [6, 6.07) is 7.32. The number of hydrogen-bond donors (Lipinski definition) is 1. The molecule has 2 aromatic rings. The van der Waals surface area contributed by atoms with Crippen LogP contribution in [0.4, 0.5) is 0 Å². The third-order valence-corrected chi connectivity index (χ3v) is 3.23. The van der Waals surface area contributed by atoms with E-state index in [1.807, 2.05) is 35.9 Å². The van der Waals surface area contributed by atoms with Crippen molar-refractivity contribution in [1.82, 2.24) is 14.9 Å². The number of carbonyl (C=O) groups is 1. The smallest absolute Gasteiger partial charge is 0.264 e. The van der Waals surface area contributed by atoms with E-state index in [0.717, 1.165) is 0 Å². The van der Waals surface area contributed by atoms with Crippen molar-refractivity contribution in [2.45, 2.75) is 25.6 Å². The molecule has 21 heavy (non-hydrogen) atoms. The van der Waals surface area contributed by atoms with Crippen molar-refractivity contribution in [2.75, 3.05) is 6.61 Å². The minimum atomic E-state index is -0.620. The number of aromatic nitrogens is 2. The number of carbonyl (C=O) groups excluding carboxylic acids is 1. The van der Waals surface area contributed by atoms with Gasteiger partial charge in [0.05, 0.1) is 6.33 Å². The van der Waals surface area contributed by atoms with Gasteiger partial charge in [-0.05, 0) is 19.1 Å². The fraction of sp³-hybridized carbons (Fsp3) is 0.333. The molecule has 2 heterocycles. The highest BCUT2D eigenvalue weighted by molar-refractivity contribution is 5.82. The average molecular weight is 287 g/mol. The number of rotatable bonds is 4. The standard InChI is InChI=1S/C15H17N3O3/c1-11(8-18-7-6-16-10-18)17-15(19)14-9-20-12-4-2-3-5-13(12)21-14/h2-7,10-11,14H,8-9H2,1H3,(H,17,19)/t11-,14+/m1/s1. The van der Waals surface area contributed by atoms with Gasteiger partial charge in [-0.1, -0.05) is 12.1 Å². The summed E-state index contributed by atoms with van der Waals surface area (Å²) in [5, 5.41) is 2.93. The summed E-state index contributed by atoms with van der Waals surface area (Å²) in [4.78, 5) is 16.2. The van der Waals surface area contributed by atoms with E-state index in [-0.39, 0.29) is 18.6 Å². The zero-order valence-corrected chi connectivity index (χ0v) is 11.7. The predicted octanol–water partition coefficient (Wildman–Crippen LogP) is 1.23. The van der Waals surface area contributed by atoms with Gasteiger partial charge in [-0.25, -0.2) is 4.98 Å². The lowest BCUT2D eigenvalue weighted by Gasteiger charge is -2.26. The fourth-order valence-electron chi connectivity index (χ4n) is 2.24. The van der Waals surface area contributed by atoms with E-state index in [4.69, 9.17) is 9.47 Å². The second-order valence-electron chi connectivity index (χ2n) is 5.03. The molecule has 1 aromatic carbocycles. The predicted molar refractivity (Wildman–Crippen MR) is 76.2 cm³/mol. The highest BCUT2D eigenvalue weighted by Crippen LogP contribution is 2.30. The number of imidazole rings is 1. The van der Waals surface area contributed by atoms with Crippen molar-refractivity contribution in [3.63, 3.8) is 0 Å². The second kappa shape index (κ2) is 5.87. The lowest BCUT2D eigenvalue weighted by molar-refractivity contribution is -0.131. The minimum Gasteiger partial charge on any atom is -0.485 e. The molecule has 0 fully saturated rings. The van der Waals surface area contributed by atoms with Gasteiger partial charge in [0, 0.05) is 25.0 Å². The average Bonchev–Trinajstić information content (AvgIpc) is 2.99. The van der Waals surface area contributed by atoms with Crippen molar-refractivity contribution in [3.8, 4) is 11.5 Å². The van der Waals surface area contributed by atoms with Gasteiger partial charge in [-0.3, -0.25) is 4.79 Å². The zero-order chi connectivity index (χ0) is 14.7. The molecule has 0 bridgehead atoms. The van der Waals surface area contributed by atoms with Gasteiger partial charge in [-0.15, -0.1) is 0 Å². The molecule has 0 aliphatic carbocycles. The number of nitrogens with zero attached hydrogens (tertiary/aromatic N) is 2. The molecule has 0 saturated carbocycles. The van der Waals surface area contributed by atoms with Gasteiger partial charge in [0.15, 0.2) is 11.5 Å². The summed E-state index contributed by atoms with van der Waals surface area (Å²) in [6.45, 7) is 2.83. The first-order valence-electron chi connectivity index (χ1n) is 6.87. The number of benzene rings is 1. The highest BCUT2D eigenvalue weighted by Gasteiger charge is 2.27. The van der Waals surface area contributed by atoms with Crippen LogP contribution in [-0.2, 0) is 11.3 Å². The third-order valence-electron chi connectivity index (χ3n) is 3.23. The summed E-state index contributed by atoms with van der Waals surface area (Å²) in [7, 11) is 0. The quantitative estimate of drug-likeness (QED) is 0.918. The lowest BCUT2D eigenvalue weighted by atomic mass is 10.2. The SMILES string of the molecule is C[C@H](Cn1ccnc1)NC(=O)[C@@H]1COc2ccccc2O1. The number of fused-ring (bicyclic) bond motifs is 1. The molecule has 0 spiro atoms. The summed E-state index contributed by atoms with van der Waals surface area (Å²) in [5.74, 6) is 1.11. The Kier molecular flexibility index (Phi) is 3.77. The number of amides is 1. The molecular formula is C15H17N3O3. The molecule has 0 unspecified atom stereocenters.